The van der Waals surface area contributed by atoms with E-state index in [2.05, 4.69) is 11.9 Å². The van der Waals surface area contributed by atoms with Gasteiger partial charge in [0.1, 0.15) is 12.4 Å². The number of carbonyl (C=O) groups is 2. The molecule has 2 aliphatic heterocycles. The molecule has 1 spiro atoms. The van der Waals surface area contributed by atoms with Gasteiger partial charge < -0.3 is 19.9 Å². The third-order valence-electron chi connectivity index (χ3n) is 5.84. The molecule has 0 radical (unpaired) electrons. The van der Waals surface area contributed by atoms with E-state index < -0.39 is 0 Å². The number of ether oxygens (including phenoxy) is 1. The zero-order valence-electron chi connectivity index (χ0n) is 16.1. The lowest BCUT2D eigenvalue weighted by Crippen LogP contribution is -2.45. The molecule has 0 saturated carbocycles. The Morgan fingerprint density at radius 3 is 2.74 bits per heavy atom. The predicted molar refractivity (Wildman–Crippen MR) is 106 cm³/mol. The van der Waals surface area contributed by atoms with E-state index in [0.717, 1.165) is 51.0 Å². The first-order valence-corrected chi connectivity index (χ1v) is 9.65. The van der Waals surface area contributed by atoms with Crippen molar-refractivity contribution in [3.8, 4) is 5.75 Å². The van der Waals surface area contributed by atoms with Crippen LogP contribution in [0.2, 0.25) is 0 Å². The number of urea groups is 1. The molecule has 1 N–H and O–H groups in total. The standard InChI is InChI=1S/C21H29N3O3/c1-3-15-27-18-6-4-5-17(16-18)22-20(26)24-13-10-21(11-14-24)8-7-19(25)23(2)12-9-21/h3-6,16H,1,7-15H2,2H3,(H,22,26). The Morgan fingerprint density at radius 2 is 2.00 bits per heavy atom. The number of nitrogens with zero attached hydrogens (tertiary/aromatic N) is 2. The van der Waals surface area contributed by atoms with Crippen LogP contribution in [0.25, 0.3) is 0 Å². The van der Waals surface area contributed by atoms with E-state index in [9.17, 15) is 9.59 Å². The molecule has 3 amide bonds. The fourth-order valence-corrected chi connectivity index (χ4v) is 3.92. The van der Waals surface area contributed by atoms with E-state index in [1.807, 2.05) is 41.1 Å². The first-order chi connectivity index (χ1) is 13.0. The van der Waals surface area contributed by atoms with Gasteiger partial charge in [0.2, 0.25) is 5.91 Å². The number of anilines is 1. The largest absolute Gasteiger partial charge is 0.489 e. The number of hydrogen-bond acceptors (Lipinski definition) is 3. The summed E-state index contributed by atoms with van der Waals surface area (Å²) in [4.78, 5) is 28.3. The first-order valence-electron chi connectivity index (χ1n) is 9.65. The summed E-state index contributed by atoms with van der Waals surface area (Å²) >= 11 is 0. The van der Waals surface area contributed by atoms with Gasteiger partial charge in [0.25, 0.3) is 0 Å². The van der Waals surface area contributed by atoms with Crippen LogP contribution < -0.4 is 10.1 Å². The van der Waals surface area contributed by atoms with Crippen molar-refractivity contribution in [1.29, 1.82) is 0 Å². The maximum atomic E-state index is 12.6. The predicted octanol–water partition coefficient (Wildman–Crippen LogP) is 3.51. The molecule has 2 saturated heterocycles. The summed E-state index contributed by atoms with van der Waals surface area (Å²) in [6, 6.07) is 7.32. The van der Waals surface area contributed by atoms with Crippen LogP contribution in [-0.4, -0.2) is 55.0 Å². The Labute approximate surface area is 161 Å². The highest BCUT2D eigenvalue weighted by Crippen LogP contribution is 2.41. The summed E-state index contributed by atoms with van der Waals surface area (Å²) in [5, 5.41) is 2.97. The summed E-state index contributed by atoms with van der Waals surface area (Å²) in [7, 11) is 1.89. The molecule has 0 unspecified atom stereocenters. The normalized spacial score (nSPS) is 19.5. The maximum absolute atomic E-state index is 12.6. The van der Waals surface area contributed by atoms with Crippen molar-refractivity contribution in [2.45, 2.75) is 32.1 Å². The minimum absolute atomic E-state index is 0.0764. The van der Waals surface area contributed by atoms with E-state index in [-0.39, 0.29) is 17.4 Å². The maximum Gasteiger partial charge on any atom is 0.321 e. The Kier molecular flexibility index (Phi) is 6.04. The molecule has 6 nitrogen and oxygen atoms in total. The molecule has 27 heavy (non-hydrogen) atoms. The number of hydrogen-bond donors (Lipinski definition) is 1. The van der Waals surface area contributed by atoms with Crippen molar-refractivity contribution >= 4 is 17.6 Å². The molecule has 0 atom stereocenters. The van der Waals surface area contributed by atoms with Gasteiger partial charge in [-0.1, -0.05) is 18.7 Å². The number of nitrogens with one attached hydrogen (secondary N) is 1. The Morgan fingerprint density at radius 1 is 1.26 bits per heavy atom. The lowest BCUT2D eigenvalue weighted by molar-refractivity contribution is -0.129. The molecule has 2 heterocycles. The van der Waals surface area contributed by atoms with E-state index in [4.69, 9.17) is 4.74 Å². The molecule has 0 bridgehead atoms. The summed E-state index contributed by atoms with van der Waals surface area (Å²) < 4.78 is 5.51. The summed E-state index contributed by atoms with van der Waals surface area (Å²) in [6.07, 6.45) is 6.21. The van der Waals surface area contributed by atoms with Gasteiger partial charge in [-0.3, -0.25) is 4.79 Å². The van der Waals surface area contributed by atoms with E-state index in [0.29, 0.717) is 18.8 Å². The number of benzene rings is 1. The number of carbonyl (C=O) groups excluding carboxylic acids is 2. The van der Waals surface area contributed by atoms with E-state index in [1.165, 1.54) is 0 Å². The van der Waals surface area contributed by atoms with Crippen molar-refractivity contribution in [2.24, 2.45) is 5.41 Å². The van der Waals surface area contributed by atoms with Crippen LogP contribution in [0.15, 0.2) is 36.9 Å². The van der Waals surface area contributed by atoms with Gasteiger partial charge in [-0.05, 0) is 43.2 Å². The highest BCUT2D eigenvalue weighted by Gasteiger charge is 2.38. The molecule has 146 valence electrons. The Hall–Kier alpha value is -2.50. The monoisotopic (exact) mass is 371 g/mol. The Balaban J connectivity index is 1.54. The number of piperidine rings is 1. The molecule has 2 aliphatic rings. The average molecular weight is 371 g/mol. The fraction of sp³-hybridized carbons (Fsp3) is 0.524. The van der Waals surface area contributed by atoms with Crippen molar-refractivity contribution in [3.05, 3.63) is 36.9 Å². The molecule has 1 aromatic carbocycles. The summed E-state index contributed by atoms with van der Waals surface area (Å²) in [5.41, 5.74) is 0.930. The second-order valence-electron chi connectivity index (χ2n) is 7.61. The first kappa shape index (κ1) is 19.3. The quantitative estimate of drug-likeness (QED) is 0.824. The van der Waals surface area contributed by atoms with Crippen LogP contribution in [0.1, 0.15) is 32.1 Å². The van der Waals surface area contributed by atoms with Crippen molar-refractivity contribution in [2.75, 3.05) is 38.6 Å². The SMILES string of the molecule is C=CCOc1cccc(NC(=O)N2CCC3(CCC(=O)N(C)CC3)CC2)c1. The van der Waals surface area contributed by atoms with Crippen molar-refractivity contribution < 1.29 is 14.3 Å². The number of rotatable bonds is 4. The summed E-state index contributed by atoms with van der Waals surface area (Å²) in [5.74, 6) is 0.947. The smallest absolute Gasteiger partial charge is 0.321 e. The van der Waals surface area contributed by atoms with Gasteiger partial charge in [0.15, 0.2) is 0 Å². The molecule has 1 aromatic rings. The number of amides is 3. The van der Waals surface area contributed by atoms with Gasteiger partial charge in [0.05, 0.1) is 0 Å². The number of likely N-dealkylation sites (tertiary alicyclic amines) is 2. The zero-order chi connectivity index (χ0) is 19.3. The van der Waals surface area contributed by atoms with Crippen LogP contribution in [0.3, 0.4) is 0 Å². The second kappa shape index (κ2) is 8.46. The van der Waals surface area contributed by atoms with Gasteiger partial charge in [-0.25, -0.2) is 4.79 Å². The van der Waals surface area contributed by atoms with Crippen molar-refractivity contribution in [1.82, 2.24) is 9.80 Å². The fourth-order valence-electron chi connectivity index (χ4n) is 3.92. The van der Waals surface area contributed by atoms with Crippen LogP contribution in [0.4, 0.5) is 10.5 Å². The second-order valence-corrected chi connectivity index (χ2v) is 7.61. The molecular formula is C21H29N3O3. The minimum atomic E-state index is -0.0764. The van der Waals surface area contributed by atoms with Gasteiger partial charge >= 0.3 is 6.03 Å². The highest BCUT2D eigenvalue weighted by atomic mass is 16.5. The van der Waals surface area contributed by atoms with Gasteiger partial charge in [0, 0.05) is 44.9 Å². The molecular weight excluding hydrogens is 342 g/mol. The topological polar surface area (TPSA) is 61.9 Å². The third-order valence-corrected chi connectivity index (χ3v) is 5.84. The molecule has 0 aromatic heterocycles. The molecule has 6 heteroatoms. The van der Waals surface area contributed by atoms with Crippen LogP contribution in [0, 0.1) is 5.41 Å². The lowest BCUT2D eigenvalue weighted by atomic mass is 9.73. The van der Waals surface area contributed by atoms with Gasteiger partial charge in [-0.2, -0.15) is 0 Å². The van der Waals surface area contributed by atoms with E-state index in [1.54, 1.807) is 6.08 Å². The molecule has 0 aliphatic carbocycles. The zero-order valence-corrected chi connectivity index (χ0v) is 16.1. The van der Waals surface area contributed by atoms with Crippen molar-refractivity contribution in [3.63, 3.8) is 0 Å². The Bertz CT molecular complexity index is 696. The minimum Gasteiger partial charge on any atom is -0.489 e. The third kappa shape index (κ3) is 4.81. The van der Waals surface area contributed by atoms with Crippen LogP contribution in [0.5, 0.6) is 5.75 Å². The molecule has 3 rings (SSSR count). The average Bonchev–Trinajstić information content (AvgIpc) is 2.81. The molecule has 2 fully saturated rings. The van der Waals surface area contributed by atoms with Gasteiger partial charge in [-0.15, -0.1) is 0 Å². The van der Waals surface area contributed by atoms with Crippen LogP contribution in [-0.2, 0) is 4.79 Å². The summed E-state index contributed by atoms with van der Waals surface area (Å²) in [6.45, 7) is 6.36. The lowest BCUT2D eigenvalue weighted by Gasteiger charge is -2.41. The van der Waals surface area contributed by atoms with E-state index >= 15 is 0 Å². The van der Waals surface area contributed by atoms with Crippen LogP contribution >= 0.6 is 0 Å². The highest BCUT2D eigenvalue weighted by molar-refractivity contribution is 5.89.